The number of Topliss-reactive ketones (excluding diaryl/α,β-unsaturated/α-hetero) is 2. The van der Waals surface area contributed by atoms with E-state index in [2.05, 4.69) is 0 Å². The van der Waals surface area contributed by atoms with Crippen molar-refractivity contribution in [2.75, 3.05) is 5.73 Å². The summed E-state index contributed by atoms with van der Waals surface area (Å²) in [7, 11) is 0. The zero-order chi connectivity index (χ0) is 15.9. The highest BCUT2D eigenvalue weighted by Crippen LogP contribution is 2.30. The predicted octanol–water partition coefficient (Wildman–Crippen LogP) is 2.64. The van der Waals surface area contributed by atoms with Gasteiger partial charge in [-0.05, 0) is 18.2 Å². The van der Waals surface area contributed by atoms with Crippen molar-refractivity contribution in [3.63, 3.8) is 0 Å². The molecule has 0 heterocycles. The Balaban J connectivity index is 2.14. The van der Waals surface area contributed by atoms with Gasteiger partial charge in [0, 0.05) is 22.9 Å². The standard InChI is InChI=1S/C16H10N2O4/c17-10-6-5-9(14(8-10)18(21)22)7-13-15(19)11-3-1-2-4-12(11)16(13)20/h1-8H,17H2. The van der Waals surface area contributed by atoms with Gasteiger partial charge in [0.15, 0.2) is 11.6 Å². The van der Waals surface area contributed by atoms with Crippen molar-refractivity contribution in [1.29, 1.82) is 0 Å². The molecule has 108 valence electrons. The summed E-state index contributed by atoms with van der Waals surface area (Å²) in [6, 6.07) is 10.6. The molecule has 0 aromatic heterocycles. The van der Waals surface area contributed by atoms with Gasteiger partial charge in [-0.2, -0.15) is 0 Å². The molecule has 3 rings (SSSR count). The molecule has 0 radical (unpaired) electrons. The summed E-state index contributed by atoms with van der Waals surface area (Å²) >= 11 is 0. The largest absolute Gasteiger partial charge is 0.399 e. The fraction of sp³-hybridized carbons (Fsp3) is 0. The van der Waals surface area contributed by atoms with Crippen LogP contribution < -0.4 is 5.73 Å². The Hall–Kier alpha value is -3.28. The lowest BCUT2D eigenvalue weighted by molar-refractivity contribution is -0.385. The zero-order valence-corrected chi connectivity index (χ0v) is 11.3. The average molecular weight is 294 g/mol. The van der Waals surface area contributed by atoms with Gasteiger partial charge >= 0.3 is 0 Å². The van der Waals surface area contributed by atoms with Crippen LogP contribution in [0.3, 0.4) is 0 Å². The number of ketones is 2. The third-order valence-electron chi connectivity index (χ3n) is 3.46. The highest BCUT2D eigenvalue weighted by molar-refractivity contribution is 6.41. The van der Waals surface area contributed by atoms with Crippen molar-refractivity contribution in [3.05, 3.63) is 74.8 Å². The number of hydrogen-bond acceptors (Lipinski definition) is 5. The number of nitrogens with two attached hydrogens (primary N) is 1. The van der Waals surface area contributed by atoms with Crippen LogP contribution in [0.15, 0.2) is 48.0 Å². The van der Waals surface area contributed by atoms with E-state index in [9.17, 15) is 19.7 Å². The number of rotatable bonds is 2. The number of fused-ring (bicyclic) bond motifs is 1. The third-order valence-corrected chi connectivity index (χ3v) is 3.46. The molecule has 22 heavy (non-hydrogen) atoms. The lowest BCUT2D eigenvalue weighted by Gasteiger charge is -2.00. The van der Waals surface area contributed by atoms with Crippen molar-refractivity contribution >= 4 is 29.0 Å². The molecule has 0 saturated heterocycles. The Kier molecular flexibility index (Phi) is 3.06. The molecule has 2 aromatic carbocycles. The quantitative estimate of drug-likeness (QED) is 0.301. The van der Waals surface area contributed by atoms with Crippen molar-refractivity contribution in [3.8, 4) is 0 Å². The van der Waals surface area contributed by atoms with Gasteiger partial charge in [0.2, 0.25) is 0 Å². The summed E-state index contributed by atoms with van der Waals surface area (Å²) in [5, 5.41) is 11.1. The molecular weight excluding hydrogens is 284 g/mol. The summed E-state index contributed by atoms with van der Waals surface area (Å²) in [4.78, 5) is 35.0. The molecule has 6 nitrogen and oxygen atoms in total. The number of carbonyl (C=O) groups excluding carboxylic acids is 2. The highest BCUT2D eigenvalue weighted by atomic mass is 16.6. The molecule has 2 aromatic rings. The zero-order valence-electron chi connectivity index (χ0n) is 11.3. The number of carbonyl (C=O) groups is 2. The van der Waals surface area contributed by atoms with E-state index in [0.29, 0.717) is 11.1 Å². The van der Waals surface area contributed by atoms with Crippen molar-refractivity contribution in [2.45, 2.75) is 0 Å². The number of allylic oxidation sites excluding steroid dienone is 1. The number of nitrogens with zero attached hydrogens (tertiary/aromatic N) is 1. The first-order chi connectivity index (χ1) is 10.5. The molecule has 0 saturated carbocycles. The maximum atomic E-state index is 12.3. The number of anilines is 1. The summed E-state index contributed by atoms with van der Waals surface area (Å²) < 4.78 is 0. The summed E-state index contributed by atoms with van der Waals surface area (Å²) in [5.41, 5.74) is 6.26. The van der Waals surface area contributed by atoms with E-state index in [1.54, 1.807) is 24.3 Å². The summed E-state index contributed by atoms with van der Waals surface area (Å²) in [5.74, 6) is -0.849. The first-order valence-corrected chi connectivity index (χ1v) is 6.43. The average Bonchev–Trinajstić information content (AvgIpc) is 2.74. The second-order valence-corrected chi connectivity index (χ2v) is 4.84. The minimum Gasteiger partial charge on any atom is -0.399 e. The molecule has 0 fully saturated rings. The molecule has 6 heteroatoms. The number of benzene rings is 2. The molecule has 0 spiro atoms. The van der Waals surface area contributed by atoms with Crippen molar-refractivity contribution in [2.24, 2.45) is 0 Å². The molecule has 1 aliphatic rings. The normalized spacial score (nSPS) is 13.2. The van der Waals surface area contributed by atoms with E-state index in [1.807, 2.05) is 0 Å². The van der Waals surface area contributed by atoms with Gasteiger partial charge in [-0.15, -0.1) is 0 Å². The van der Waals surface area contributed by atoms with Crippen molar-refractivity contribution in [1.82, 2.24) is 0 Å². The van der Waals surface area contributed by atoms with Gasteiger partial charge in [-0.3, -0.25) is 19.7 Å². The number of nitro benzene ring substituents is 1. The maximum Gasteiger partial charge on any atom is 0.278 e. The fourth-order valence-electron chi connectivity index (χ4n) is 2.40. The van der Waals surface area contributed by atoms with Crippen LogP contribution in [0.2, 0.25) is 0 Å². The van der Waals surface area contributed by atoms with Crippen LogP contribution >= 0.6 is 0 Å². The second kappa shape index (κ2) is 4.92. The van der Waals surface area contributed by atoms with E-state index < -0.39 is 16.5 Å². The first-order valence-electron chi connectivity index (χ1n) is 6.43. The second-order valence-electron chi connectivity index (χ2n) is 4.84. The van der Waals surface area contributed by atoms with Gasteiger partial charge < -0.3 is 5.73 Å². The van der Waals surface area contributed by atoms with Crippen LogP contribution in [0.1, 0.15) is 26.3 Å². The first kappa shape index (κ1) is 13.7. The molecule has 0 aliphatic heterocycles. The van der Waals surface area contributed by atoms with Crippen molar-refractivity contribution < 1.29 is 14.5 Å². The number of nitrogen functional groups attached to an aromatic ring is 1. The topological polar surface area (TPSA) is 103 Å². The van der Waals surface area contributed by atoms with E-state index in [4.69, 9.17) is 5.73 Å². The third kappa shape index (κ3) is 2.07. The minimum absolute atomic E-state index is 0.0749. The monoisotopic (exact) mass is 294 g/mol. The van der Waals surface area contributed by atoms with Crippen LogP contribution in [0, 0.1) is 10.1 Å². The van der Waals surface area contributed by atoms with Gasteiger partial charge in [0.05, 0.1) is 16.1 Å². The van der Waals surface area contributed by atoms with Gasteiger partial charge in [0.1, 0.15) is 0 Å². The fourth-order valence-corrected chi connectivity index (χ4v) is 2.40. The Morgan fingerprint density at radius 2 is 1.59 bits per heavy atom. The van der Waals surface area contributed by atoms with Gasteiger partial charge in [0.25, 0.3) is 5.69 Å². The lowest BCUT2D eigenvalue weighted by atomic mass is 10.1. The number of nitro groups is 1. The molecule has 0 atom stereocenters. The molecular formula is C16H10N2O4. The lowest BCUT2D eigenvalue weighted by Crippen LogP contribution is -2.01. The van der Waals surface area contributed by atoms with Crippen LogP contribution in [-0.4, -0.2) is 16.5 Å². The molecule has 1 aliphatic carbocycles. The maximum absolute atomic E-state index is 12.3. The van der Waals surface area contributed by atoms with Crippen LogP contribution in [0.4, 0.5) is 11.4 Å². The van der Waals surface area contributed by atoms with Crippen LogP contribution in [0.25, 0.3) is 6.08 Å². The van der Waals surface area contributed by atoms with E-state index in [-0.39, 0.29) is 22.5 Å². The van der Waals surface area contributed by atoms with E-state index in [1.165, 1.54) is 24.3 Å². The van der Waals surface area contributed by atoms with Gasteiger partial charge in [-0.25, -0.2) is 0 Å². The highest BCUT2D eigenvalue weighted by Gasteiger charge is 2.33. The Labute approximate surface area is 125 Å². The summed E-state index contributed by atoms with van der Waals surface area (Å²) in [6.07, 6.45) is 1.25. The molecule has 0 unspecified atom stereocenters. The minimum atomic E-state index is -0.597. The SMILES string of the molecule is Nc1ccc(C=C2C(=O)c3ccccc3C2=O)c([N+](=O)[O-])c1. The predicted molar refractivity (Wildman–Crippen MR) is 80.6 cm³/mol. The molecule has 2 N–H and O–H groups in total. The van der Waals surface area contributed by atoms with Gasteiger partial charge in [-0.1, -0.05) is 24.3 Å². The van der Waals surface area contributed by atoms with Crippen LogP contribution in [0.5, 0.6) is 0 Å². The Morgan fingerprint density at radius 3 is 2.14 bits per heavy atom. The molecule has 0 amide bonds. The Bertz CT molecular complexity index is 831. The number of hydrogen-bond donors (Lipinski definition) is 1. The van der Waals surface area contributed by atoms with E-state index in [0.717, 1.165) is 0 Å². The van der Waals surface area contributed by atoms with Crippen LogP contribution in [-0.2, 0) is 0 Å². The molecule has 0 bridgehead atoms. The van der Waals surface area contributed by atoms with E-state index >= 15 is 0 Å². The summed E-state index contributed by atoms with van der Waals surface area (Å²) in [6.45, 7) is 0. The smallest absolute Gasteiger partial charge is 0.278 e. The Morgan fingerprint density at radius 1 is 1.00 bits per heavy atom.